The molecule has 1 aliphatic rings. The second kappa shape index (κ2) is 11.6. The first-order chi connectivity index (χ1) is 17.0. The lowest BCUT2D eigenvalue weighted by atomic mass is 10.1. The number of carbonyl (C=O) groups excluding carboxylic acids is 1. The fourth-order valence-corrected chi connectivity index (χ4v) is 4.07. The molecule has 8 nitrogen and oxygen atoms in total. The number of ether oxygens (including phenoxy) is 1. The molecule has 3 aromatic rings. The van der Waals surface area contributed by atoms with E-state index in [2.05, 4.69) is 27.9 Å². The molecule has 35 heavy (non-hydrogen) atoms. The van der Waals surface area contributed by atoms with Gasteiger partial charge in [-0.05, 0) is 67.8 Å². The maximum Gasteiger partial charge on any atom is 0.415 e. The van der Waals surface area contributed by atoms with Crippen LogP contribution in [0.25, 0.3) is 0 Å². The average molecular weight is 475 g/mol. The molecule has 0 atom stereocenters. The molecule has 1 saturated heterocycles. The van der Waals surface area contributed by atoms with E-state index in [1.807, 2.05) is 30.3 Å². The molecule has 182 valence electrons. The van der Waals surface area contributed by atoms with Gasteiger partial charge in [0.25, 0.3) is 0 Å². The number of carboxylic acid groups (broad SMARTS) is 1. The third-order valence-corrected chi connectivity index (χ3v) is 6.23. The third kappa shape index (κ3) is 6.86. The number of aryl methyl sites for hydroxylation is 2. The average Bonchev–Trinajstić information content (AvgIpc) is 2.87. The van der Waals surface area contributed by atoms with E-state index in [1.165, 1.54) is 6.20 Å². The number of hydrogen-bond acceptors (Lipinski definition) is 6. The molecule has 1 N–H and O–H groups in total. The largest absolute Gasteiger partial charge is 0.478 e. The molecule has 0 spiro atoms. The van der Waals surface area contributed by atoms with Crippen molar-refractivity contribution in [2.24, 2.45) is 0 Å². The maximum atomic E-state index is 12.6. The monoisotopic (exact) mass is 474 g/mol. The summed E-state index contributed by atoms with van der Waals surface area (Å²) in [5.41, 5.74) is 4.41. The van der Waals surface area contributed by atoms with Crippen LogP contribution in [-0.4, -0.2) is 69.7 Å². The van der Waals surface area contributed by atoms with Crippen molar-refractivity contribution in [2.75, 3.05) is 32.7 Å². The van der Waals surface area contributed by atoms with Gasteiger partial charge in [0.05, 0.1) is 5.56 Å². The summed E-state index contributed by atoms with van der Waals surface area (Å²) in [6.45, 7) is 5.80. The Labute approximate surface area is 205 Å². The van der Waals surface area contributed by atoms with Crippen LogP contribution in [0.5, 0.6) is 5.75 Å². The molecule has 1 aromatic carbocycles. The van der Waals surface area contributed by atoms with Gasteiger partial charge in [0.2, 0.25) is 0 Å². The lowest BCUT2D eigenvalue weighted by Gasteiger charge is -2.34. The van der Waals surface area contributed by atoms with Gasteiger partial charge in [-0.15, -0.1) is 0 Å². The molecule has 1 fully saturated rings. The summed E-state index contributed by atoms with van der Waals surface area (Å²) >= 11 is 0. The molecule has 1 aliphatic heterocycles. The topological polar surface area (TPSA) is 95.9 Å². The predicted molar refractivity (Wildman–Crippen MR) is 132 cm³/mol. The van der Waals surface area contributed by atoms with Gasteiger partial charge in [-0.25, -0.2) is 9.59 Å². The summed E-state index contributed by atoms with van der Waals surface area (Å²) in [5, 5.41) is 8.95. The zero-order valence-corrected chi connectivity index (χ0v) is 19.9. The number of amides is 1. The predicted octanol–water partition coefficient (Wildman–Crippen LogP) is 3.82. The van der Waals surface area contributed by atoms with E-state index in [9.17, 15) is 9.59 Å². The Morgan fingerprint density at radius 1 is 1.00 bits per heavy atom. The van der Waals surface area contributed by atoms with Crippen molar-refractivity contribution in [3.05, 3.63) is 89.0 Å². The van der Waals surface area contributed by atoms with E-state index >= 15 is 0 Å². The quantitative estimate of drug-likeness (QED) is 0.530. The number of aromatic nitrogens is 2. The summed E-state index contributed by atoms with van der Waals surface area (Å²) in [6, 6.07) is 14.9. The van der Waals surface area contributed by atoms with Gasteiger partial charge in [-0.2, -0.15) is 0 Å². The van der Waals surface area contributed by atoms with Crippen LogP contribution in [0, 0.1) is 6.92 Å². The molecule has 8 heteroatoms. The van der Waals surface area contributed by atoms with Crippen LogP contribution in [0.3, 0.4) is 0 Å². The number of rotatable bonds is 8. The Balaban J connectivity index is 1.18. The Morgan fingerprint density at radius 3 is 2.43 bits per heavy atom. The summed E-state index contributed by atoms with van der Waals surface area (Å²) < 4.78 is 5.59. The minimum Gasteiger partial charge on any atom is -0.478 e. The second-order valence-electron chi connectivity index (χ2n) is 8.73. The van der Waals surface area contributed by atoms with Crippen molar-refractivity contribution in [1.29, 1.82) is 0 Å². The zero-order chi connectivity index (χ0) is 24.6. The van der Waals surface area contributed by atoms with Gasteiger partial charge < -0.3 is 14.7 Å². The molecular weight excluding hydrogens is 444 g/mol. The van der Waals surface area contributed by atoms with Gasteiger partial charge in [-0.3, -0.25) is 14.9 Å². The molecule has 0 bridgehead atoms. The molecule has 4 rings (SSSR count). The Hall–Kier alpha value is -3.78. The van der Waals surface area contributed by atoms with E-state index in [-0.39, 0.29) is 11.7 Å². The summed E-state index contributed by atoms with van der Waals surface area (Å²) in [5.74, 6) is -0.423. The molecule has 0 aliphatic carbocycles. The van der Waals surface area contributed by atoms with Crippen LogP contribution in [-0.2, 0) is 12.8 Å². The van der Waals surface area contributed by atoms with E-state index in [4.69, 9.17) is 9.84 Å². The highest BCUT2D eigenvalue weighted by Crippen LogP contribution is 2.17. The van der Waals surface area contributed by atoms with E-state index < -0.39 is 5.97 Å². The fourth-order valence-electron chi connectivity index (χ4n) is 4.07. The number of carboxylic acids is 1. The lowest BCUT2D eigenvalue weighted by molar-refractivity contribution is 0.0696. The van der Waals surface area contributed by atoms with Crippen molar-refractivity contribution in [3.8, 4) is 5.75 Å². The van der Waals surface area contributed by atoms with Crippen LogP contribution in [0.4, 0.5) is 4.79 Å². The number of nitrogens with zero attached hydrogens (tertiary/aromatic N) is 4. The van der Waals surface area contributed by atoms with E-state index in [1.54, 1.807) is 23.2 Å². The van der Waals surface area contributed by atoms with Crippen LogP contribution in [0.2, 0.25) is 0 Å². The first-order valence-electron chi connectivity index (χ1n) is 11.8. The highest BCUT2D eigenvalue weighted by molar-refractivity contribution is 5.87. The first-order valence-corrected chi connectivity index (χ1v) is 11.8. The molecule has 0 radical (unpaired) electrons. The number of carbonyl (C=O) groups is 2. The number of aromatic carboxylic acids is 1. The SMILES string of the molecule is Cc1cccnc1Cc1ccc(OC(=O)N2CCN(CCCc3ccc(C(=O)O)cn3)CC2)cc1. The Kier molecular flexibility index (Phi) is 8.05. The summed E-state index contributed by atoms with van der Waals surface area (Å²) in [6.07, 6.45) is 5.34. The standard InChI is InChI=1S/C27H30N4O4/c1-20-4-2-12-28-25(20)18-21-6-10-24(11-7-21)35-27(34)31-16-14-30(15-17-31)13-3-5-23-9-8-22(19-29-23)26(32)33/h2,4,6-12,19H,3,5,13-18H2,1H3,(H,32,33). The minimum absolute atomic E-state index is 0.201. The van der Waals surface area contributed by atoms with Crippen molar-refractivity contribution in [2.45, 2.75) is 26.2 Å². The van der Waals surface area contributed by atoms with Gasteiger partial charge in [0.15, 0.2) is 0 Å². The highest BCUT2D eigenvalue weighted by Gasteiger charge is 2.22. The van der Waals surface area contributed by atoms with Crippen molar-refractivity contribution < 1.29 is 19.4 Å². The van der Waals surface area contributed by atoms with Gasteiger partial charge in [-0.1, -0.05) is 18.2 Å². The number of hydrogen-bond donors (Lipinski definition) is 1. The van der Waals surface area contributed by atoms with Crippen molar-refractivity contribution >= 4 is 12.1 Å². The molecule has 1 amide bonds. The molecule has 0 unspecified atom stereocenters. The molecule has 2 aromatic heterocycles. The van der Waals surface area contributed by atoms with Crippen LogP contribution >= 0.6 is 0 Å². The number of benzene rings is 1. The Bertz CT molecular complexity index is 1140. The molecule has 3 heterocycles. The van der Waals surface area contributed by atoms with Crippen LogP contribution < -0.4 is 4.74 Å². The third-order valence-electron chi connectivity index (χ3n) is 6.23. The van der Waals surface area contributed by atoms with E-state index in [0.29, 0.717) is 18.8 Å². The smallest absolute Gasteiger partial charge is 0.415 e. The van der Waals surface area contributed by atoms with Crippen LogP contribution in [0.1, 0.15) is 39.3 Å². The van der Waals surface area contributed by atoms with Crippen molar-refractivity contribution in [3.63, 3.8) is 0 Å². The van der Waals surface area contributed by atoms with E-state index in [0.717, 1.165) is 61.4 Å². The zero-order valence-electron chi connectivity index (χ0n) is 19.9. The lowest BCUT2D eigenvalue weighted by Crippen LogP contribution is -2.49. The second-order valence-corrected chi connectivity index (χ2v) is 8.73. The fraction of sp³-hybridized carbons (Fsp3) is 0.333. The number of pyridine rings is 2. The summed E-state index contributed by atoms with van der Waals surface area (Å²) in [4.78, 5) is 36.2. The maximum absolute atomic E-state index is 12.6. The van der Waals surface area contributed by atoms with Crippen molar-refractivity contribution in [1.82, 2.24) is 19.8 Å². The van der Waals surface area contributed by atoms with Gasteiger partial charge >= 0.3 is 12.1 Å². The summed E-state index contributed by atoms with van der Waals surface area (Å²) in [7, 11) is 0. The first kappa shape index (κ1) is 24.3. The van der Waals surface area contributed by atoms with Gasteiger partial charge in [0, 0.05) is 56.4 Å². The molecule has 0 saturated carbocycles. The number of piperazine rings is 1. The minimum atomic E-state index is -0.965. The Morgan fingerprint density at radius 2 is 1.77 bits per heavy atom. The van der Waals surface area contributed by atoms with Crippen LogP contribution in [0.15, 0.2) is 60.9 Å². The molecular formula is C27H30N4O4. The highest BCUT2D eigenvalue weighted by atomic mass is 16.6. The normalized spacial score (nSPS) is 14.0. The van der Waals surface area contributed by atoms with Gasteiger partial charge in [0.1, 0.15) is 5.75 Å².